The number of fused-ring (bicyclic) bond motifs is 1. The van der Waals surface area contributed by atoms with Crippen molar-refractivity contribution < 1.29 is 5.11 Å². The average molecular weight is 445 g/mol. The van der Waals surface area contributed by atoms with Crippen molar-refractivity contribution in [3.05, 3.63) is 78.5 Å². The van der Waals surface area contributed by atoms with E-state index in [4.69, 9.17) is 0 Å². The maximum atomic E-state index is 9.83. The third kappa shape index (κ3) is 5.16. The van der Waals surface area contributed by atoms with E-state index in [1.165, 1.54) is 10.9 Å². The average Bonchev–Trinajstić information content (AvgIpc) is 3.54. The van der Waals surface area contributed by atoms with Gasteiger partial charge in [-0.05, 0) is 74.6 Å². The van der Waals surface area contributed by atoms with E-state index >= 15 is 0 Å². The summed E-state index contributed by atoms with van der Waals surface area (Å²) in [6.45, 7) is 3.46. The van der Waals surface area contributed by atoms with E-state index < -0.39 is 0 Å². The molecule has 172 valence electrons. The van der Waals surface area contributed by atoms with Gasteiger partial charge in [-0.1, -0.05) is 30.3 Å². The van der Waals surface area contributed by atoms with Crippen LogP contribution in [-0.2, 0) is 6.42 Å². The Hall–Kier alpha value is -3.00. The second kappa shape index (κ2) is 10.3. The molecule has 1 saturated heterocycles. The fraction of sp³-hybridized carbons (Fsp3) is 0.385. The third-order valence-electron chi connectivity index (χ3n) is 6.76. The molecule has 0 aliphatic carbocycles. The number of benzene rings is 2. The zero-order chi connectivity index (χ0) is 22.5. The molecule has 0 saturated carbocycles. The normalized spacial score (nSPS) is 16.4. The Morgan fingerprint density at radius 2 is 1.97 bits per heavy atom. The van der Waals surface area contributed by atoms with Crippen LogP contribution in [0.3, 0.4) is 0 Å². The lowest BCUT2D eigenvalue weighted by molar-refractivity contribution is 0.171. The number of H-pyrrole nitrogens is 1. The van der Waals surface area contributed by atoms with Gasteiger partial charge in [-0.2, -0.15) is 5.10 Å². The van der Waals surface area contributed by atoms with Crippen LogP contribution in [0.15, 0.2) is 67.4 Å². The molecule has 7 heteroatoms. The zero-order valence-corrected chi connectivity index (χ0v) is 18.9. The summed E-state index contributed by atoms with van der Waals surface area (Å²) < 4.78 is 1.80. The first-order valence-electron chi connectivity index (χ1n) is 11.9. The summed E-state index contributed by atoms with van der Waals surface area (Å²) in [4.78, 5) is 10.0. The van der Waals surface area contributed by atoms with Crippen LogP contribution in [0.2, 0.25) is 0 Å². The van der Waals surface area contributed by atoms with Crippen LogP contribution in [0.5, 0.6) is 0 Å². The molecule has 1 aliphatic heterocycles. The number of aliphatic hydroxyl groups excluding tert-OH is 1. The summed E-state index contributed by atoms with van der Waals surface area (Å²) >= 11 is 0. The van der Waals surface area contributed by atoms with Gasteiger partial charge in [-0.15, -0.1) is 0 Å². The van der Waals surface area contributed by atoms with E-state index in [0.717, 1.165) is 62.1 Å². The molecule has 1 aliphatic rings. The Morgan fingerprint density at radius 3 is 2.73 bits per heavy atom. The lowest BCUT2D eigenvalue weighted by Gasteiger charge is -2.34. The Kier molecular flexibility index (Phi) is 6.81. The van der Waals surface area contributed by atoms with Crippen LogP contribution < -0.4 is 5.32 Å². The molecular formula is C26H32N6O. The number of piperidine rings is 1. The van der Waals surface area contributed by atoms with Crippen molar-refractivity contribution in [1.29, 1.82) is 0 Å². The topological polar surface area (TPSA) is 82.0 Å². The van der Waals surface area contributed by atoms with Crippen LogP contribution >= 0.6 is 0 Å². The first-order chi connectivity index (χ1) is 16.3. The van der Waals surface area contributed by atoms with Gasteiger partial charge in [0.1, 0.15) is 12.7 Å². The molecule has 1 atom stereocenters. The Labute approximate surface area is 194 Å². The van der Waals surface area contributed by atoms with Gasteiger partial charge in [0, 0.05) is 23.1 Å². The van der Waals surface area contributed by atoms with Gasteiger partial charge in [-0.25, -0.2) is 9.67 Å². The van der Waals surface area contributed by atoms with Crippen LogP contribution in [-0.4, -0.2) is 62.0 Å². The van der Waals surface area contributed by atoms with Gasteiger partial charge in [0.15, 0.2) is 0 Å². The van der Waals surface area contributed by atoms with Crippen LogP contribution in [0.4, 0.5) is 0 Å². The smallest absolute Gasteiger partial charge is 0.138 e. The van der Waals surface area contributed by atoms with Crippen molar-refractivity contribution in [2.24, 2.45) is 0 Å². The number of likely N-dealkylation sites (tertiary alicyclic amines) is 1. The highest BCUT2D eigenvalue weighted by Gasteiger charge is 2.22. The molecule has 4 aromatic rings. The van der Waals surface area contributed by atoms with Crippen molar-refractivity contribution in [1.82, 2.24) is 30.0 Å². The van der Waals surface area contributed by atoms with Crippen molar-refractivity contribution in [2.75, 3.05) is 26.2 Å². The molecule has 0 spiro atoms. The van der Waals surface area contributed by atoms with Crippen LogP contribution in [0, 0.1) is 0 Å². The molecule has 2 aromatic carbocycles. The van der Waals surface area contributed by atoms with Gasteiger partial charge in [-0.3, -0.25) is 0 Å². The van der Waals surface area contributed by atoms with E-state index in [1.807, 2.05) is 18.2 Å². The first kappa shape index (κ1) is 21.8. The lowest BCUT2D eigenvalue weighted by atomic mass is 10.0. The quantitative estimate of drug-likeness (QED) is 0.368. The summed E-state index contributed by atoms with van der Waals surface area (Å²) in [5, 5.41) is 19.0. The summed E-state index contributed by atoms with van der Waals surface area (Å²) in [6.07, 6.45) is 9.88. The van der Waals surface area contributed by atoms with Crippen LogP contribution in [0.25, 0.3) is 16.6 Å². The van der Waals surface area contributed by atoms with Crippen molar-refractivity contribution in [3.8, 4) is 5.69 Å². The van der Waals surface area contributed by atoms with Gasteiger partial charge in [0.2, 0.25) is 0 Å². The minimum atomic E-state index is 0.0204. The molecule has 1 fully saturated rings. The summed E-state index contributed by atoms with van der Waals surface area (Å²) in [6, 6.07) is 17.1. The zero-order valence-electron chi connectivity index (χ0n) is 18.9. The third-order valence-corrected chi connectivity index (χ3v) is 6.76. The Morgan fingerprint density at radius 1 is 1.12 bits per heavy atom. The van der Waals surface area contributed by atoms with Crippen molar-refractivity contribution in [3.63, 3.8) is 0 Å². The molecule has 2 aromatic heterocycles. The van der Waals surface area contributed by atoms with E-state index in [0.29, 0.717) is 6.04 Å². The van der Waals surface area contributed by atoms with E-state index in [2.05, 4.69) is 61.8 Å². The number of hydrogen-bond acceptors (Lipinski definition) is 5. The largest absolute Gasteiger partial charge is 0.394 e. The molecule has 7 nitrogen and oxygen atoms in total. The minimum Gasteiger partial charge on any atom is -0.394 e. The molecule has 3 heterocycles. The molecule has 0 amide bonds. The van der Waals surface area contributed by atoms with Crippen LogP contribution in [0.1, 0.15) is 36.4 Å². The maximum absolute atomic E-state index is 9.83. The number of nitrogens with zero attached hydrogens (tertiary/aromatic N) is 4. The molecular weight excluding hydrogens is 412 g/mol. The second-order valence-corrected chi connectivity index (χ2v) is 8.92. The minimum absolute atomic E-state index is 0.0204. The molecule has 0 bridgehead atoms. The first-order valence-corrected chi connectivity index (χ1v) is 11.9. The fourth-order valence-electron chi connectivity index (χ4n) is 4.90. The maximum Gasteiger partial charge on any atom is 0.138 e. The number of hydrogen-bond donors (Lipinski definition) is 3. The van der Waals surface area contributed by atoms with Crippen molar-refractivity contribution >= 4 is 10.9 Å². The standard InChI is InChI=1S/C26H32N6O/c33-17-26(20-5-2-1-3-6-20)30-22-10-13-31(14-11-22)12-4-7-21-16-28-25-9-8-23(15-24(21)25)32-19-27-18-29-32/h1-3,5-6,8-9,15-16,18-19,22,26,28,30,33H,4,7,10-14,17H2. The lowest BCUT2D eigenvalue weighted by Crippen LogP contribution is -2.44. The molecule has 33 heavy (non-hydrogen) atoms. The highest BCUT2D eigenvalue weighted by molar-refractivity contribution is 5.85. The number of rotatable bonds is 9. The number of aromatic amines is 1. The molecule has 5 rings (SSSR count). The number of aryl methyl sites for hydroxylation is 1. The SMILES string of the molecule is OCC(NC1CCN(CCCc2c[nH]c3ccc(-n4cncn4)cc23)CC1)c1ccccc1. The highest BCUT2D eigenvalue weighted by Crippen LogP contribution is 2.23. The summed E-state index contributed by atoms with van der Waals surface area (Å²) in [5.74, 6) is 0. The van der Waals surface area contributed by atoms with Gasteiger partial charge in [0.05, 0.1) is 18.3 Å². The molecule has 3 N–H and O–H groups in total. The summed E-state index contributed by atoms with van der Waals surface area (Å²) in [7, 11) is 0. The van der Waals surface area contributed by atoms with E-state index in [1.54, 1.807) is 17.3 Å². The number of nitrogens with one attached hydrogen (secondary N) is 2. The van der Waals surface area contributed by atoms with Gasteiger partial charge in [0.25, 0.3) is 0 Å². The summed E-state index contributed by atoms with van der Waals surface area (Å²) in [5.41, 5.74) is 4.72. The van der Waals surface area contributed by atoms with Crippen molar-refractivity contribution in [2.45, 2.75) is 37.8 Å². The predicted molar refractivity (Wildman–Crippen MR) is 130 cm³/mol. The Balaban J connectivity index is 1.11. The molecule has 1 unspecified atom stereocenters. The monoisotopic (exact) mass is 444 g/mol. The van der Waals surface area contributed by atoms with E-state index in [9.17, 15) is 5.11 Å². The van der Waals surface area contributed by atoms with E-state index in [-0.39, 0.29) is 12.6 Å². The fourth-order valence-corrected chi connectivity index (χ4v) is 4.90. The van der Waals surface area contributed by atoms with Gasteiger partial charge < -0.3 is 20.3 Å². The number of aromatic nitrogens is 4. The predicted octanol–water partition coefficient (Wildman–Crippen LogP) is 3.47. The van der Waals surface area contributed by atoms with Gasteiger partial charge >= 0.3 is 0 Å². The molecule has 0 radical (unpaired) electrons. The highest BCUT2D eigenvalue weighted by atomic mass is 16.3. The second-order valence-electron chi connectivity index (χ2n) is 8.92. The Bertz CT molecular complexity index is 1130. The number of aliphatic hydroxyl groups is 1.